The van der Waals surface area contributed by atoms with Gasteiger partial charge in [-0.15, -0.1) is 12.4 Å². The Morgan fingerprint density at radius 3 is 2.67 bits per heavy atom. The predicted molar refractivity (Wildman–Crippen MR) is 82.9 cm³/mol. The predicted octanol–water partition coefficient (Wildman–Crippen LogP) is 2.61. The van der Waals surface area contributed by atoms with E-state index in [1.807, 2.05) is 0 Å². The van der Waals surface area contributed by atoms with Gasteiger partial charge in [-0.05, 0) is 29.3 Å². The lowest BCUT2D eigenvalue weighted by Crippen LogP contribution is -2.04. The maximum Gasteiger partial charge on any atom is 0.249 e. The van der Waals surface area contributed by atoms with Gasteiger partial charge in [0.25, 0.3) is 0 Å². The topological polar surface area (TPSA) is 71.8 Å². The molecule has 108 valence electrons. The van der Waals surface area contributed by atoms with E-state index in [1.54, 1.807) is 30.5 Å². The van der Waals surface area contributed by atoms with E-state index in [2.05, 4.69) is 9.97 Å². The van der Waals surface area contributed by atoms with Crippen LogP contribution in [0.5, 0.6) is 0 Å². The van der Waals surface area contributed by atoms with E-state index >= 15 is 0 Å². The van der Waals surface area contributed by atoms with Crippen LogP contribution < -0.4 is 11.3 Å². The Kier molecular flexibility index (Phi) is 4.35. The van der Waals surface area contributed by atoms with E-state index in [0.717, 1.165) is 5.56 Å². The minimum atomic E-state index is -0.341. The molecule has 0 radical (unpaired) electrons. The fourth-order valence-electron chi connectivity index (χ4n) is 2.20. The zero-order valence-corrected chi connectivity index (χ0v) is 11.8. The molecule has 3 rings (SSSR count). The van der Waals surface area contributed by atoms with Crippen molar-refractivity contribution in [2.75, 3.05) is 0 Å². The van der Waals surface area contributed by atoms with Crippen molar-refractivity contribution in [2.45, 2.75) is 6.54 Å². The van der Waals surface area contributed by atoms with Gasteiger partial charge in [0, 0.05) is 29.8 Å². The average molecular weight is 306 g/mol. The van der Waals surface area contributed by atoms with Crippen molar-refractivity contribution in [3.63, 3.8) is 0 Å². The number of H-pyrrole nitrogens is 1. The summed E-state index contributed by atoms with van der Waals surface area (Å²) in [6, 6.07) is 9.68. The van der Waals surface area contributed by atoms with Crippen molar-refractivity contribution in [1.82, 2.24) is 9.97 Å². The van der Waals surface area contributed by atoms with Crippen LogP contribution in [0.15, 0.2) is 47.4 Å². The summed E-state index contributed by atoms with van der Waals surface area (Å²) >= 11 is 0. The van der Waals surface area contributed by atoms with Crippen molar-refractivity contribution < 1.29 is 4.39 Å². The summed E-state index contributed by atoms with van der Waals surface area (Å²) in [4.78, 5) is 18.0. The minimum absolute atomic E-state index is 0. The molecule has 0 saturated heterocycles. The average Bonchev–Trinajstić information content (AvgIpc) is 2.46. The SMILES string of the molecule is Cl.NCc1ccc(-c2ccnc3[nH]c(=O)ccc23)c(F)c1. The van der Waals surface area contributed by atoms with E-state index in [0.29, 0.717) is 28.7 Å². The standard InChI is InChI=1S/C15H12FN3O.ClH/c16-13-7-9(8-17)1-2-11(13)10-5-6-18-15-12(10)3-4-14(20)19-15;/h1-7H,8,17H2,(H,18,19,20);1H. The Bertz CT molecular complexity index is 848. The third-order valence-electron chi connectivity index (χ3n) is 3.19. The minimum Gasteiger partial charge on any atom is -0.326 e. The van der Waals surface area contributed by atoms with Gasteiger partial charge in [0.2, 0.25) is 5.56 Å². The lowest BCUT2D eigenvalue weighted by Gasteiger charge is -2.08. The van der Waals surface area contributed by atoms with E-state index in [9.17, 15) is 9.18 Å². The summed E-state index contributed by atoms with van der Waals surface area (Å²) in [5.74, 6) is -0.341. The molecular formula is C15H13ClFN3O. The van der Waals surface area contributed by atoms with Crippen LogP contribution in [-0.2, 0) is 6.54 Å². The van der Waals surface area contributed by atoms with Gasteiger partial charge in [-0.25, -0.2) is 9.37 Å². The van der Waals surface area contributed by atoms with Gasteiger partial charge >= 0.3 is 0 Å². The van der Waals surface area contributed by atoms with Crippen molar-refractivity contribution >= 4 is 23.4 Å². The molecule has 0 saturated carbocycles. The Balaban J connectivity index is 0.00000161. The maximum atomic E-state index is 14.2. The molecule has 0 aliphatic carbocycles. The molecule has 0 aliphatic heterocycles. The Morgan fingerprint density at radius 2 is 1.95 bits per heavy atom. The van der Waals surface area contributed by atoms with Crippen molar-refractivity contribution in [1.29, 1.82) is 0 Å². The first-order valence-electron chi connectivity index (χ1n) is 6.16. The highest BCUT2D eigenvalue weighted by Gasteiger charge is 2.10. The lowest BCUT2D eigenvalue weighted by molar-refractivity contribution is 0.629. The number of pyridine rings is 2. The smallest absolute Gasteiger partial charge is 0.249 e. The number of aromatic nitrogens is 2. The second-order valence-corrected chi connectivity index (χ2v) is 4.46. The number of nitrogens with two attached hydrogens (primary N) is 1. The molecule has 3 aromatic rings. The van der Waals surface area contributed by atoms with E-state index < -0.39 is 0 Å². The molecule has 0 amide bonds. The van der Waals surface area contributed by atoms with Crippen LogP contribution in [0.1, 0.15) is 5.56 Å². The normalized spacial score (nSPS) is 10.4. The number of nitrogens with zero attached hydrogens (tertiary/aromatic N) is 1. The van der Waals surface area contributed by atoms with Crippen LogP contribution >= 0.6 is 12.4 Å². The number of nitrogens with one attached hydrogen (secondary N) is 1. The zero-order chi connectivity index (χ0) is 14.1. The number of benzene rings is 1. The van der Waals surface area contributed by atoms with Gasteiger partial charge in [0.15, 0.2) is 0 Å². The molecule has 0 aliphatic rings. The highest BCUT2D eigenvalue weighted by Crippen LogP contribution is 2.28. The van der Waals surface area contributed by atoms with Gasteiger partial charge in [0.1, 0.15) is 11.5 Å². The van der Waals surface area contributed by atoms with Gasteiger partial charge in [-0.3, -0.25) is 4.79 Å². The number of rotatable bonds is 2. The number of fused-ring (bicyclic) bond motifs is 1. The van der Waals surface area contributed by atoms with E-state index in [4.69, 9.17) is 5.73 Å². The zero-order valence-electron chi connectivity index (χ0n) is 11.0. The molecule has 2 heterocycles. The molecular weight excluding hydrogens is 293 g/mol. The Labute approximate surface area is 126 Å². The Morgan fingerprint density at radius 1 is 1.14 bits per heavy atom. The fraction of sp³-hybridized carbons (Fsp3) is 0.0667. The number of hydrogen-bond acceptors (Lipinski definition) is 3. The molecule has 4 nitrogen and oxygen atoms in total. The molecule has 0 unspecified atom stereocenters. The van der Waals surface area contributed by atoms with Crippen LogP contribution in [0.25, 0.3) is 22.2 Å². The highest BCUT2D eigenvalue weighted by atomic mass is 35.5. The maximum absolute atomic E-state index is 14.2. The third kappa shape index (κ3) is 2.79. The summed E-state index contributed by atoms with van der Waals surface area (Å²) in [7, 11) is 0. The largest absolute Gasteiger partial charge is 0.326 e. The molecule has 0 spiro atoms. The van der Waals surface area contributed by atoms with Crippen LogP contribution in [0.3, 0.4) is 0 Å². The number of hydrogen-bond donors (Lipinski definition) is 2. The van der Waals surface area contributed by atoms with Crippen molar-refractivity contribution in [2.24, 2.45) is 5.73 Å². The summed E-state index contributed by atoms with van der Waals surface area (Å²) in [5, 5.41) is 0.700. The molecule has 3 N–H and O–H groups in total. The monoisotopic (exact) mass is 305 g/mol. The number of aromatic amines is 1. The van der Waals surface area contributed by atoms with Crippen LogP contribution in [0.2, 0.25) is 0 Å². The molecule has 0 fully saturated rings. The summed E-state index contributed by atoms with van der Waals surface area (Å²) < 4.78 is 14.2. The molecule has 2 aromatic heterocycles. The lowest BCUT2D eigenvalue weighted by atomic mass is 10.0. The Hall–Kier alpha value is -2.24. The van der Waals surface area contributed by atoms with E-state index in [1.165, 1.54) is 12.1 Å². The molecule has 21 heavy (non-hydrogen) atoms. The highest BCUT2D eigenvalue weighted by molar-refractivity contribution is 5.92. The first-order valence-corrected chi connectivity index (χ1v) is 6.16. The molecule has 0 bridgehead atoms. The third-order valence-corrected chi connectivity index (χ3v) is 3.19. The van der Waals surface area contributed by atoms with E-state index in [-0.39, 0.29) is 23.8 Å². The summed E-state index contributed by atoms with van der Waals surface area (Å²) in [5.41, 5.74) is 7.59. The van der Waals surface area contributed by atoms with Crippen molar-refractivity contribution in [3.05, 3.63) is 64.3 Å². The first-order chi connectivity index (χ1) is 9.69. The van der Waals surface area contributed by atoms with Gasteiger partial charge in [0.05, 0.1) is 0 Å². The summed E-state index contributed by atoms with van der Waals surface area (Å²) in [6.45, 7) is 0.293. The van der Waals surface area contributed by atoms with Crippen LogP contribution in [0, 0.1) is 5.82 Å². The molecule has 6 heteroatoms. The van der Waals surface area contributed by atoms with Gasteiger partial charge in [-0.2, -0.15) is 0 Å². The second kappa shape index (κ2) is 6.03. The first kappa shape index (κ1) is 15.2. The molecule has 1 aromatic carbocycles. The van der Waals surface area contributed by atoms with Crippen LogP contribution in [-0.4, -0.2) is 9.97 Å². The fourth-order valence-corrected chi connectivity index (χ4v) is 2.20. The van der Waals surface area contributed by atoms with Crippen molar-refractivity contribution in [3.8, 4) is 11.1 Å². The van der Waals surface area contributed by atoms with Crippen LogP contribution in [0.4, 0.5) is 4.39 Å². The van der Waals surface area contributed by atoms with Gasteiger partial charge in [-0.1, -0.05) is 12.1 Å². The van der Waals surface area contributed by atoms with Gasteiger partial charge < -0.3 is 10.7 Å². The molecule has 0 atom stereocenters. The second-order valence-electron chi connectivity index (χ2n) is 4.46. The summed E-state index contributed by atoms with van der Waals surface area (Å²) in [6.07, 6.45) is 1.55. The number of halogens is 2. The quantitative estimate of drug-likeness (QED) is 0.764.